The molecular weight excluding hydrogens is 368 g/mol. The highest BCUT2D eigenvalue weighted by atomic mass is 16.5. The quantitative estimate of drug-likeness (QED) is 0.696. The van der Waals surface area contributed by atoms with Gasteiger partial charge in [-0.05, 0) is 48.5 Å². The Hall–Kier alpha value is -3.67. The van der Waals surface area contributed by atoms with Crippen LogP contribution >= 0.6 is 0 Å². The Morgan fingerprint density at radius 1 is 0.793 bits per heavy atom. The van der Waals surface area contributed by atoms with E-state index in [1.54, 1.807) is 32.3 Å². The Kier molecular flexibility index (Phi) is 4.99. The van der Waals surface area contributed by atoms with Crippen LogP contribution < -0.4 is 24.4 Å². The van der Waals surface area contributed by atoms with Crippen molar-refractivity contribution in [1.29, 1.82) is 0 Å². The number of hydrogen-bond donors (Lipinski definition) is 1. The largest absolute Gasteiger partial charge is 0.497 e. The van der Waals surface area contributed by atoms with Crippen LogP contribution in [0.3, 0.4) is 0 Å². The summed E-state index contributed by atoms with van der Waals surface area (Å²) >= 11 is 0. The minimum Gasteiger partial charge on any atom is -0.497 e. The van der Waals surface area contributed by atoms with Crippen LogP contribution in [-0.2, 0) is 0 Å². The van der Waals surface area contributed by atoms with Crippen LogP contribution in [0.1, 0.15) is 22.1 Å². The topological polar surface area (TPSA) is 60.0 Å². The number of nitrogens with one attached hydrogen (secondary N) is 1. The Balaban J connectivity index is 1.86. The third-order valence-electron chi connectivity index (χ3n) is 4.97. The summed E-state index contributed by atoms with van der Waals surface area (Å²) in [7, 11) is 4.83. The average molecular weight is 390 g/mol. The van der Waals surface area contributed by atoms with Gasteiger partial charge in [-0.2, -0.15) is 0 Å². The van der Waals surface area contributed by atoms with Gasteiger partial charge in [-0.1, -0.05) is 12.1 Å². The van der Waals surface area contributed by atoms with E-state index in [4.69, 9.17) is 14.2 Å². The Morgan fingerprint density at radius 2 is 1.41 bits per heavy atom. The van der Waals surface area contributed by atoms with Gasteiger partial charge in [-0.25, -0.2) is 0 Å². The number of fused-ring (bicyclic) bond motifs is 1. The number of nitrogens with zero attached hydrogens (tertiary/aromatic N) is 1. The second-order valence-corrected chi connectivity index (χ2v) is 6.61. The van der Waals surface area contributed by atoms with Gasteiger partial charge < -0.3 is 19.5 Å². The molecule has 29 heavy (non-hydrogen) atoms. The van der Waals surface area contributed by atoms with Crippen LogP contribution in [0.15, 0.2) is 66.7 Å². The monoisotopic (exact) mass is 390 g/mol. The molecule has 0 saturated carbocycles. The van der Waals surface area contributed by atoms with E-state index in [1.807, 2.05) is 60.7 Å². The van der Waals surface area contributed by atoms with Crippen molar-refractivity contribution >= 4 is 17.3 Å². The summed E-state index contributed by atoms with van der Waals surface area (Å²) in [5.41, 5.74) is 3.01. The van der Waals surface area contributed by atoms with Crippen LogP contribution in [0.25, 0.3) is 0 Å². The normalized spacial score (nSPS) is 15.3. The Bertz CT molecular complexity index is 1010. The van der Waals surface area contributed by atoms with Gasteiger partial charge >= 0.3 is 0 Å². The second-order valence-electron chi connectivity index (χ2n) is 6.61. The lowest BCUT2D eigenvalue weighted by Crippen LogP contribution is -2.43. The SMILES string of the molecule is COc1ccc(N2C(=O)c3ccccc3N[C@@H]2c2cc(OC)cc(OC)c2)cc1. The molecular formula is C23H22N2O4. The molecule has 0 aromatic heterocycles. The number of amides is 1. The molecule has 1 aliphatic heterocycles. The summed E-state index contributed by atoms with van der Waals surface area (Å²) in [5.74, 6) is 1.95. The summed E-state index contributed by atoms with van der Waals surface area (Å²) in [6, 6.07) is 20.5. The smallest absolute Gasteiger partial charge is 0.262 e. The maximum absolute atomic E-state index is 13.5. The van der Waals surface area contributed by atoms with Crippen LogP contribution in [0.4, 0.5) is 11.4 Å². The van der Waals surface area contributed by atoms with Crippen LogP contribution in [-0.4, -0.2) is 27.2 Å². The van der Waals surface area contributed by atoms with E-state index in [1.165, 1.54) is 0 Å². The van der Waals surface area contributed by atoms with Crippen molar-refractivity contribution in [3.8, 4) is 17.2 Å². The van der Waals surface area contributed by atoms with Crippen LogP contribution in [0.2, 0.25) is 0 Å². The van der Waals surface area contributed by atoms with E-state index in [2.05, 4.69) is 5.32 Å². The molecule has 0 bridgehead atoms. The Labute approximate surface area is 169 Å². The molecule has 1 aliphatic rings. The molecule has 1 N–H and O–H groups in total. The predicted octanol–water partition coefficient (Wildman–Crippen LogP) is 4.48. The first kappa shape index (κ1) is 18.7. The molecule has 0 unspecified atom stereocenters. The number of para-hydroxylation sites is 1. The lowest BCUT2D eigenvalue weighted by atomic mass is 10.0. The fraction of sp³-hybridized carbons (Fsp3) is 0.174. The molecule has 6 heteroatoms. The molecule has 0 radical (unpaired) electrons. The van der Waals surface area contributed by atoms with Gasteiger partial charge in [0.15, 0.2) is 0 Å². The van der Waals surface area contributed by atoms with Crippen LogP contribution in [0.5, 0.6) is 17.2 Å². The summed E-state index contributed by atoms with van der Waals surface area (Å²) in [4.78, 5) is 15.2. The van der Waals surface area contributed by atoms with Gasteiger partial charge in [0.1, 0.15) is 23.4 Å². The van der Waals surface area contributed by atoms with Gasteiger partial charge in [0, 0.05) is 23.0 Å². The van der Waals surface area contributed by atoms with Crippen LogP contribution in [0, 0.1) is 0 Å². The molecule has 6 nitrogen and oxygen atoms in total. The fourth-order valence-electron chi connectivity index (χ4n) is 3.48. The highest BCUT2D eigenvalue weighted by molar-refractivity contribution is 6.12. The van der Waals surface area contributed by atoms with Crippen molar-refractivity contribution in [2.24, 2.45) is 0 Å². The lowest BCUT2D eigenvalue weighted by Gasteiger charge is -2.38. The zero-order chi connectivity index (χ0) is 20.4. The Morgan fingerprint density at radius 3 is 2.03 bits per heavy atom. The lowest BCUT2D eigenvalue weighted by molar-refractivity contribution is 0.0974. The number of methoxy groups -OCH3 is 3. The number of rotatable bonds is 5. The molecule has 1 heterocycles. The average Bonchev–Trinajstić information content (AvgIpc) is 2.78. The number of hydrogen-bond acceptors (Lipinski definition) is 5. The molecule has 0 aliphatic carbocycles. The van der Waals surface area contributed by atoms with Gasteiger partial charge in [0.05, 0.1) is 26.9 Å². The highest BCUT2D eigenvalue weighted by Gasteiger charge is 2.34. The molecule has 1 amide bonds. The molecule has 4 rings (SSSR count). The molecule has 3 aromatic carbocycles. The number of ether oxygens (including phenoxy) is 3. The molecule has 0 fully saturated rings. The van der Waals surface area contributed by atoms with Crippen molar-refractivity contribution in [2.45, 2.75) is 6.17 Å². The molecule has 0 spiro atoms. The third kappa shape index (κ3) is 3.45. The zero-order valence-electron chi connectivity index (χ0n) is 16.5. The second kappa shape index (κ2) is 7.75. The van der Waals surface area contributed by atoms with E-state index in [0.29, 0.717) is 17.1 Å². The zero-order valence-corrected chi connectivity index (χ0v) is 16.5. The van der Waals surface area contributed by atoms with E-state index in [-0.39, 0.29) is 5.91 Å². The standard InChI is InChI=1S/C23H22N2O4/c1-27-17-10-8-16(9-11-17)25-22(15-12-18(28-2)14-19(13-15)29-3)24-21-7-5-4-6-20(21)23(25)26/h4-14,22,24H,1-3H3/t22-/m0/s1. The summed E-state index contributed by atoms with van der Waals surface area (Å²) in [6.45, 7) is 0. The minimum atomic E-state index is -0.435. The molecule has 0 saturated heterocycles. The molecule has 1 atom stereocenters. The van der Waals surface area contributed by atoms with Crippen molar-refractivity contribution in [1.82, 2.24) is 0 Å². The molecule has 148 valence electrons. The summed E-state index contributed by atoms with van der Waals surface area (Å²) < 4.78 is 16.1. The number of carbonyl (C=O) groups is 1. The third-order valence-corrected chi connectivity index (χ3v) is 4.97. The molecule has 3 aromatic rings. The van der Waals surface area contributed by atoms with Gasteiger partial charge in [0.2, 0.25) is 0 Å². The summed E-state index contributed by atoms with van der Waals surface area (Å²) in [5, 5.41) is 3.49. The number of benzene rings is 3. The predicted molar refractivity (Wildman–Crippen MR) is 112 cm³/mol. The van der Waals surface area contributed by atoms with Gasteiger partial charge in [-0.15, -0.1) is 0 Å². The van der Waals surface area contributed by atoms with Crippen molar-refractivity contribution in [3.05, 3.63) is 77.9 Å². The first-order valence-electron chi connectivity index (χ1n) is 9.20. The van der Waals surface area contributed by atoms with Gasteiger partial charge in [-0.3, -0.25) is 9.69 Å². The van der Waals surface area contributed by atoms with E-state index in [9.17, 15) is 4.79 Å². The van der Waals surface area contributed by atoms with Crippen molar-refractivity contribution in [3.63, 3.8) is 0 Å². The number of anilines is 2. The number of carbonyl (C=O) groups excluding carboxylic acids is 1. The van der Waals surface area contributed by atoms with E-state index < -0.39 is 6.17 Å². The van der Waals surface area contributed by atoms with Crippen molar-refractivity contribution < 1.29 is 19.0 Å². The fourth-order valence-corrected chi connectivity index (χ4v) is 3.48. The maximum atomic E-state index is 13.5. The first-order chi connectivity index (χ1) is 14.1. The minimum absolute atomic E-state index is 0.0868. The summed E-state index contributed by atoms with van der Waals surface area (Å²) in [6.07, 6.45) is -0.435. The maximum Gasteiger partial charge on any atom is 0.262 e. The van der Waals surface area contributed by atoms with E-state index in [0.717, 1.165) is 22.7 Å². The van der Waals surface area contributed by atoms with Crippen molar-refractivity contribution in [2.75, 3.05) is 31.5 Å². The first-order valence-corrected chi connectivity index (χ1v) is 9.20. The highest BCUT2D eigenvalue weighted by Crippen LogP contribution is 2.39. The van der Waals surface area contributed by atoms with Gasteiger partial charge in [0.25, 0.3) is 5.91 Å². The van der Waals surface area contributed by atoms with E-state index >= 15 is 0 Å².